The van der Waals surface area contributed by atoms with Crippen LogP contribution in [0.3, 0.4) is 0 Å². The van der Waals surface area contributed by atoms with Gasteiger partial charge >= 0.3 is 0 Å². The lowest BCUT2D eigenvalue weighted by atomic mass is 9.98. The van der Waals surface area contributed by atoms with Crippen molar-refractivity contribution >= 4 is 39.2 Å². The van der Waals surface area contributed by atoms with Crippen molar-refractivity contribution < 1.29 is 9.53 Å². The van der Waals surface area contributed by atoms with Gasteiger partial charge < -0.3 is 9.64 Å². The third-order valence-electron chi connectivity index (χ3n) is 6.72. The van der Waals surface area contributed by atoms with Crippen molar-refractivity contribution in [1.29, 1.82) is 0 Å². The number of fused-ring (bicyclic) bond motifs is 1. The van der Waals surface area contributed by atoms with Gasteiger partial charge in [0, 0.05) is 17.0 Å². The molecule has 1 amide bonds. The van der Waals surface area contributed by atoms with Gasteiger partial charge in [-0.15, -0.1) is 11.3 Å². The van der Waals surface area contributed by atoms with Crippen LogP contribution in [0.25, 0.3) is 15.9 Å². The quantitative estimate of drug-likeness (QED) is 0.274. The van der Waals surface area contributed by atoms with E-state index >= 15 is 0 Å². The Hall–Kier alpha value is -2.32. The van der Waals surface area contributed by atoms with Gasteiger partial charge in [0.15, 0.2) is 5.16 Å². The van der Waals surface area contributed by atoms with Crippen molar-refractivity contribution in [3.63, 3.8) is 0 Å². The SMILES string of the molecule is CCCc1sc2nc(SCC(=O)N3[C@H](C)CCC[C@@H]3C)n(-c3ccc(OCC)cc3)c(=O)c2c1C. The molecule has 3 aromatic rings. The first-order valence-electron chi connectivity index (χ1n) is 12.6. The van der Waals surface area contributed by atoms with E-state index in [1.807, 2.05) is 43.0 Å². The summed E-state index contributed by atoms with van der Waals surface area (Å²) >= 11 is 2.96. The molecule has 188 valence electrons. The van der Waals surface area contributed by atoms with Crippen LogP contribution in [0.15, 0.2) is 34.2 Å². The Morgan fingerprint density at radius 2 is 1.86 bits per heavy atom. The van der Waals surface area contributed by atoms with Crippen LogP contribution in [0.2, 0.25) is 0 Å². The number of piperidine rings is 1. The van der Waals surface area contributed by atoms with Crippen LogP contribution in [-0.4, -0.2) is 44.8 Å². The molecule has 3 heterocycles. The standard InChI is InChI=1S/C27H35N3O3S2/c1-6-9-22-19(5)24-25(35-22)28-27(34-16-23(31)29-17(3)10-8-11-18(29)4)30(26(24)32)20-12-14-21(15-13-20)33-7-2/h12-15,17-18H,6-11,16H2,1-5H3/t17-,18+. The van der Waals surface area contributed by atoms with Crippen molar-refractivity contribution in [2.45, 2.75) is 84.0 Å². The van der Waals surface area contributed by atoms with Gasteiger partial charge in [-0.1, -0.05) is 25.1 Å². The Kier molecular flexibility index (Phi) is 8.22. The number of aromatic nitrogens is 2. The maximum absolute atomic E-state index is 13.8. The molecule has 2 aromatic heterocycles. The summed E-state index contributed by atoms with van der Waals surface area (Å²) in [4.78, 5) is 36.0. The fourth-order valence-electron chi connectivity index (χ4n) is 4.97. The number of aryl methyl sites for hydroxylation is 2. The number of carbonyl (C=O) groups excluding carboxylic acids is 1. The van der Waals surface area contributed by atoms with E-state index in [0.717, 1.165) is 53.9 Å². The minimum Gasteiger partial charge on any atom is -0.494 e. The lowest BCUT2D eigenvalue weighted by molar-refractivity contribution is -0.134. The number of thioether (sulfide) groups is 1. The van der Waals surface area contributed by atoms with Crippen LogP contribution >= 0.6 is 23.1 Å². The van der Waals surface area contributed by atoms with Crippen molar-refractivity contribution in [2.75, 3.05) is 12.4 Å². The van der Waals surface area contributed by atoms with E-state index in [9.17, 15) is 9.59 Å². The molecule has 0 aliphatic carbocycles. The summed E-state index contributed by atoms with van der Waals surface area (Å²) in [5.74, 6) is 1.12. The Morgan fingerprint density at radius 1 is 1.17 bits per heavy atom. The van der Waals surface area contributed by atoms with Gasteiger partial charge in [-0.05, 0) is 83.2 Å². The van der Waals surface area contributed by atoms with E-state index in [2.05, 4.69) is 20.8 Å². The van der Waals surface area contributed by atoms with Gasteiger partial charge in [0.1, 0.15) is 10.6 Å². The molecule has 0 saturated carbocycles. The van der Waals surface area contributed by atoms with Crippen LogP contribution in [0.1, 0.15) is 63.8 Å². The highest BCUT2D eigenvalue weighted by atomic mass is 32.2. The smallest absolute Gasteiger partial charge is 0.267 e. The zero-order valence-electron chi connectivity index (χ0n) is 21.3. The predicted octanol–water partition coefficient (Wildman–Crippen LogP) is 5.99. The lowest BCUT2D eigenvalue weighted by Gasteiger charge is -2.39. The predicted molar refractivity (Wildman–Crippen MR) is 145 cm³/mol. The molecule has 0 unspecified atom stereocenters. The van der Waals surface area contributed by atoms with Crippen molar-refractivity contribution in [2.24, 2.45) is 0 Å². The molecular formula is C27H35N3O3S2. The number of nitrogens with zero attached hydrogens (tertiary/aromatic N) is 3. The van der Waals surface area contributed by atoms with Gasteiger partial charge in [0.25, 0.3) is 5.56 Å². The number of rotatable bonds is 8. The summed E-state index contributed by atoms with van der Waals surface area (Å²) in [7, 11) is 0. The van der Waals surface area contributed by atoms with E-state index in [-0.39, 0.29) is 29.3 Å². The molecule has 2 atom stereocenters. The first-order chi connectivity index (χ1) is 16.8. The number of carbonyl (C=O) groups is 1. The van der Waals surface area contributed by atoms with E-state index in [0.29, 0.717) is 17.1 Å². The Balaban J connectivity index is 1.74. The average molecular weight is 514 g/mol. The molecule has 8 heteroatoms. The molecule has 0 bridgehead atoms. The third-order valence-corrected chi connectivity index (χ3v) is 8.89. The molecule has 1 saturated heterocycles. The monoisotopic (exact) mass is 513 g/mol. The van der Waals surface area contributed by atoms with Crippen LogP contribution < -0.4 is 10.3 Å². The number of ether oxygens (including phenoxy) is 1. The number of hydrogen-bond donors (Lipinski definition) is 0. The number of hydrogen-bond acceptors (Lipinski definition) is 6. The zero-order valence-corrected chi connectivity index (χ0v) is 22.9. The minimum atomic E-state index is -0.0788. The molecular weight excluding hydrogens is 478 g/mol. The van der Waals surface area contributed by atoms with Gasteiger partial charge in [0.05, 0.1) is 23.4 Å². The molecule has 0 N–H and O–H groups in total. The first-order valence-corrected chi connectivity index (χ1v) is 14.4. The molecule has 35 heavy (non-hydrogen) atoms. The normalized spacial score (nSPS) is 18.3. The summed E-state index contributed by atoms with van der Waals surface area (Å²) in [6.45, 7) is 10.9. The van der Waals surface area contributed by atoms with E-state index in [1.54, 1.807) is 15.9 Å². The van der Waals surface area contributed by atoms with E-state index in [1.165, 1.54) is 16.6 Å². The topological polar surface area (TPSA) is 64.4 Å². The fourth-order valence-corrected chi connectivity index (χ4v) is 7.17. The van der Waals surface area contributed by atoms with Crippen molar-refractivity contribution in [3.8, 4) is 11.4 Å². The zero-order chi connectivity index (χ0) is 25.1. The average Bonchev–Trinajstić information content (AvgIpc) is 3.14. The number of thiophene rings is 1. The number of likely N-dealkylation sites (tertiary alicyclic amines) is 1. The van der Waals surface area contributed by atoms with Crippen LogP contribution in [0.4, 0.5) is 0 Å². The van der Waals surface area contributed by atoms with Crippen LogP contribution in [0.5, 0.6) is 5.75 Å². The third kappa shape index (κ3) is 5.28. The fraction of sp³-hybridized carbons (Fsp3) is 0.519. The molecule has 1 aliphatic rings. The molecule has 1 fully saturated rings. The summed E-state index contributed by atoms with van der Waals surface area (Å²) in [6.07, 6.45) is 5.18. The van der Waals surface area contributed by atoms with Gasteiger partial charge in [-0.2, -0.15) is 0 Å². The van der Waals surface area contributed by atoms with Crippen molar-refractivity contribution in [1.82, 2.24) is 14.5 Å². The maximum atomic E-state index is 13.8. The maximum Gasteiger partial charge on any atom is 0.267 e. The first kappa shape index (κ1) is 25.8. The molecule has 0 radical (unpaired) electrons. The molecule has 1 aromatic carbocycles. The summed E-state index contributed by atoms with van der Waals surface area (Å²) in [6, 6.07) is 7.99. The highest BCUT2D eigenvalue weighted by molar-refractivity contribution is 7.99. The van der Waals surface area contributed by atoms with Gasteiger partial charge in [0.2, 0.25) is 5.91 Å². The second-order valence-corrected chi connectivity index (χ2v) is 11.3. The Bertz CT molecular complexity index is 1240. The number of benzene rings is 1. The highest BCUT2D eigenvalue weighted by Gasteiger charge is 2.29. The van der Waals surface area contributed by atoms with E-state index < -0.39 is 0 Å². The van der Waals surface area contributed by atoms with Gasteiger partial charge in [-0.25, -0.2) is 4.98 Å². The molecule has 1 aliphatic heterocycles. The van der Waals surface area contributed by atoms with E-state index in [4.69, 9.17) is 9.72 Å². The molecule has 4 rings (SSSR count). The largest absolute Gasteiger partial charge is 0.494 e. The second kappa shape index (κ2) is 11.2. The van der Waals surface area contributed by atoms with Crippen molar-refractivity contribution in [3.05, 3.63) is 45.1 Å². The highest BCUT2D eigenvalue weighted by Crippen LogP contribution is 2.32. The Labute approximate surface area is 215 Å². The Morgan fingerprint density at radius 3 is 2.49 bits per heavy atom. The van der Waals surface area contributed by atoms with Crippen LogP contribution in [0, 0.1) is 6.92 Å². The van der Waals surface area contributed by atoms with Crippen LogP contribution in [-0.2, 0) is 11.2 Å². The summed E-state index contributed by atoms with van der Waals surface area (Å²) < 4.78 is 7.25. The summed E-state index contributed by atoms with van der Waals surface area (Å²) in [5.41, 5.74) is 1.67. The van der Waals surface area contributed by atoms with Gasteiger partial charge in [-0.3, -0.25) is 14.2 Å². The lowest BCUT2D eigenvalue weighted by Crippen LogP contribution is -2.48. The minimum absolute atomic E-state index is 0.0788. The number of amides is 1. The molecule has 0 spiro atoms. The molecule has 6 nitrogen and oxygen atoms in total. The second-order valence-electron chi connectivity index (χ2n) is 9.26. The summed E-state index contributed by atoms with van der Waals surface area (Å²) in [5, 5.41) is 1.24.